The first-order valence-electron chi connectivity index (χ1n) is 23.5. The summed E-state index contributed by atoms with van der Waals surface area (Å²) in [5, 5.41) is 18.3. The third kappa shape index (κ3) is 13.1. The fourth-order valence-electron chi connectivity index (χ4n) is 8.68. The summed E-state index contributed by atoms with van der Waals surface area (Å²) in [6.45, 7) is 0.210. The van der Waals surface area contributed by atoms with Gasteiger partial charge in [0.25, 0.3) is 11.8 Å². The van der Waals surface area contributed by atoms with E-state index in [4.69, 9.17) is 21.9 Å². The highest BCUT2D eigenvalue weighted by Crippen LogP contribution is 2.49. The number of anilines is 6. The Morgan fingerprint density at radius 3 is 1.60 bits per heavy atom. The molecule has 0 unspecified atom stereocenters. The number of nitrogens with one attached hydrogen (secondary N) is 5. The standard InChI is InChI=1S/C29H29N7O3.C21H23N7O.BBr3/c30-25(37)22-16-32-27(35-26(22)33-21-10-11-23-20(15-21)7-4-14-31-23)34-24(19-8-9-19)29(12-13-29)36-28(38)39-17-18-5-2-1-3-6-18;22-18(29)15-11-25-20(27-17(12-3-4-12)21(23)7-8-21)28-19(15)26-14-5-6-16-13(10-14)2-1-9-24-16;2-1(3)4/h1-7,10-11,14-16,19,24H,8-9,12-13,17H2,(H2,30,37)(H,36,38)(H2,32,33,34,35);1-2,5-6,9-12,17H,3-4,7-8,23H2,(H2,22,29)(H2,25,26,27,28);/t24-;17-;/m11./s1. The van der Waals surface area contributed by atoms with Crippen LogP contribution < -0.4 is 43.8 Å². The molecule has 22 heteroatoms. The minimum Gasteiger partial charge on any atom is -0.445 e. The predicted molar refractivity (Wildman–Crippen MR) is 292 cm³/mol. The highest BCUT2D eigenvalue weighted by Gasteiger charge is 2.56. The van der Waals surface area contributed by atoms with Gasteiger partial charge in [-0.3, -0.25) is 19.6 Å². The highest BCUT2D eigenvalue weighted by atomic mass is 79.9. The first-order valence-corrected chi connectivity index (χ1v) is 26.3. The van der Waals surface area contributed by atoms with Crippen LogP contribution in [0.3, 0.4) is 0 Å². The lowest BCUT2D eigenvalue weighted by atomic mass is 10.0. The largest absolute Gasteiger partial charge is 0.445 e. The number of ether oxygens (including phenoxy) is 1. The van der Waals surface area contributed by atoms with Crippen molar-refractivity contribution in [3.63, 3.8) is 0 Å². The van der Waals surface area contributed by atoms with Crippen LogP contribution in [0.4, 0.5) is 39.7 Å². The summed E-state index contributed by atoms with van der Waals surface area (Å²) in [5.74, 6) is 1.20. The second-order valence-electron chi connectivity index (χ2n) is 18.5. The van der Waals surface area contributed by atoms with Crippen LogP contribution in [0.25, 0.3) is 21.8 Å². The zero-order valence-corrected chi connectivity index (χ0v) is 43.7. The molecule has 4 heterocycles. The molecule has 11 N–H and O–H groups in total. The van der Waals surface area contributed by atoms with E-state index in [0.717, 1.165) is 77.3 Å². The van der Waals surface area contributed by atoms with E-state index >= 15 is 0 Å². The van der Waals surface area contributed by atoms with Gasteiger partial charge in [0.05, 0.1) is 22.6 Å². The lowest BCUT2D eigenvalue weighted by molar-refractivity contribution is 0.0992. The van der Waals surface area contributed by atoms with Crippen molar-refractivity contribution in [2.75, 3.05) is 21.3 Å². The number of amides is 3. The summed E-state index contributed by atoms with van der Waals surface area (Å²) in [6.07, 6.45) is 14.1. The van der Waals surface area contributed by atoms with E-state index in [1.807, 2.05) is 91.0 Å². The van der Waals surface area contributed by atoms with E-state index in [-0.39, 0.29) is 38.5 Å². The number of rotatable bonds is 17. The lowest BCUT2D eigenvalue weighted by Gasteiger charge is -2.29. The number of aromatic nitrogens is 6. The molecule has 4 fully saturated rings. The quantitative estimate of drug-likeness (QED) is 0.0395. The SMILES string of the molecule is BrB(Br)Br.NC(=O)c1cnc(N[C@H](C2CC2)C2(N)CC2)nc1Nc1ccc2ncccc2c1.NC(=O)c1cnc(N[C@H](C2CC2)C2(NC(=O)OCc3ccccc3)CC2)nc1Nc1ccc2ncccc2c1. The molecule has 3 amide bonds. The zero-order valence-electron chi connectivity index (χ0n) is 38.9. The molecule has 4 aliphatic carbocycles. The molecule has 72 heavy (non-hydrogen) atoms. The fraction of sp³-hybridized carbons (Fsp3) is 0.300. The molecule has 0 aliphatic heterocycles. The van der Waals surface area contributed by atoms with Crippen molar-refractivity contribution in [3.05, 3.63) is 132 Å². The van der Waals surface area contributed by atoms with Gasteiger partial charge in [-0.25, -0.2) is 14.8 Å². The minimum absolute atomic E-state index is 0.0687. The van der Waals surface area contributed by atoms with Crippen molar-refractivity contribution in [1.29, 1.82) is 0 Å². The summed E-state index contributed by atoms with van der Waals surface area (Å²) in [5.41, 5.74) is 21.6. The molecule has 0 bridgehead atoms. The van der Waals surface area contributed by atoms with Crippen LogP contribution in [0.5, 0.6) is 0 Å². The Hall–Kier alpha value is -6.49. The van der Waals surface area contributed by atoms with Crippen LogP contribution in [0.15, 0.2) is 116 Å². The Morgan fingerprint density at radius 1 is 0.653 bits per heavy atom. The number of carbonyl (C=O) groups is 3. The van der Waals surface area contributed by atoms with E-state index in [2.05, 4.69) is 104 Å². The number of primary amides is 2. The lowest BCUT2D eigenvalue weighted by Crippen LogP contribution is -2.50. The summed E-state index contributed by atoms with van der Waals surface area (Å²) in [6, 6.07) is 28.8. The molecular formula is C50H52BBr3N14O4. The summed E-state index contributed by atoms with van der Waals surface area (Å²) < 4.78 is 5.76. The van der Waals surface area contributed by atoms with Gasteiger partial charge in [0.1, 0.15) is 29.4 Å². The second-order valence-corrected chi connectivity index (χ2v) is 24.9. The minimum atomic E-state index is -0.633. The Labute approximate surface area is 440 Å². The van der Waals surface area contributed by atoms with Gasteiger partial charge in [-0.2, -0.15) is 9.97 Å². The number of halogens is 3. The van der Waals surface area contributed by atoms with Crippen molar-refractivity contribution in [3.8, 4) is 0 Å². The van der Waals surface area contributed by atoms with E-state index in [1.54, 1.807) is 12.4 Å². The van der Waals surface area contributed by atoms with E-state index < -0.39 is 23.4 Å². The number of hydrogen-bond acceptors (Lipinski definition) is 15. The number of carbonyl (C=O) groups excluding carboxylic acids is 3. The van der Waals surface area contributed by atoms with E-state index in [0.29, 0.717) is 35.4 Å². The molecule has 0 radical (unpaired) electrons. The molecule has 0 saturated heterocycles. The van der Waals surface area contributed by atoms with Crippen LogP contribution in [0, 0.1) is 11.8 Å². The molecule has 3 aromatic carbocycles. The molecule has 4 saturated carbocycles. The first kappa shape index (κ1) is 50.5. The Morgan fingerprint density at radius 2 is 1.14 bits per heavy atom. The van der Waals surface area contributed by atoms with Crippen molar-refractivity contribution in [2.24, 2.45) is 29.0 Å². The molecular weight excluding hydrogens is 1110 g/mol. The molecule has 4 aromatic heterocycles. The first-order chi connectivity index (χ1) is 34.7. The molecule has 370 valence electrons. The van der Waals surface area contributed by atoms with Gasteiger partial charge in [0.2, 0.25) is 11.9 Å². The Bertz CT molecular complexity index is 3090. The van der Waals surface area contributed by atoms with Gasteiger partial charge in [0, 0.05) is 58.5 Å². The monoisotopic (exact) mass is 1160 g/mol. The van der Waals surface area contributed by atoms with Gasteiger partial charge in [-0.15, -0.1) is 47.3 Å². The van der Waals surface area contributed by atoms with E-state index in [9.17, 15) is 14.4 Å². The maximum absolute atomic E-state index is 12.7. The number of benzene rings is 3. The molecule has 4 aliphatic rings. The maximum atomic E-state index is 12.7. The number of fused-ring (bicyclic) bond motifs is 2. The van der Waals surface area contributed by atoms with Crippen LogP contribution >= 0.6 is 47.3 Å². The number of alkyl carbamates (subject to hydrolysis) is 1. The molecule has 18 nitrogen and oxygen atoms in total. The molecule has 11 rings (SSSR count). The number of nitrogens with zero attached hydrogens (tertiary/aromatic N) is 6. The van der Waals surface area contributed by atoms with E-state index in [1.165, 1.54) is 25.2 Å². The predicted octanol–water partition coefficient (Wildman–Crippen LogP) is 9.22. The number of hydrogen-bond donors (Lipinski definition) is 8. The van der Waals surface area contributed by atoms with Gasteiger partial charge in [-0.1, -0.05) is 42.5 Å². The van der Waals surface area contributed by atoms with Gasteiger partial charge in [0.15, 0.2) is 0 Å². The number of pyridine rings is 2. The number of nitrogens with two attached hydrogens (primary N) is 3. The van der Waals surface area contributed by atoms with Crippen molar-refractivity contribution in [2.45, 2.75) is 81.1 Å². The van der Waals surface area contributed by atoms with Gasteiger partial charge >= 0.3 is 9.28 Å². The average molecular weight is 1160 g/mol. The normalized spacial score (nSPS) is 16.5. The van der Waals surface area contributed by atoms with Crippen LogP contribution in [-0.2, 0) is 11.3 Å². The van der Waals surface area contributed by atoms with Crippen LogP contribution in [0.1, 0.15) is 77.6 Å². The maximum Gasteiger partial charge on any atom is 0.407 e. The molecule has 0 spiro atoms. The van der Waals surface area contributed by atoms with Crippen molar-refractivity contribution < 1.29 is 19.1 Å². The average Bonchev–Trinajstić information content (AvgIpc) is 4.13. The van der Waals surface area contributed by atoms with Crippen LogP contribution in [0.2, 0.25) is 0 Å². The summed E-state index contributed by atoms with van der Waals surface area (Å²) in [4.78, 5) is 63.3. The van der Waals surface area contributed by atoms with Crippen molar-refractivity contribution >= 4 is 125 Å². The Balaban J connectivity index is 0.000000172. The van der Waals surface area contributed by atoms with Crippen molar-refractivity contribution in [1.82, 2.24) is 35.2 Å². The fourth-order valence-corrected chi connectivity index (χ4v) is 8.68. The highest BCUT2D eigenvalue weighted by molar-refractivity contribution is 9.69. The summed E-state index contributed by atoms with van der Waals surface area (Å²) in [7, 11) is 0. The smallest absolute Gasteiger partial charge is 0.407 e. The Kier molecular flexibility index (Phi) is 15.5. The topological polar surface area (TPSA) is 276 Å². The van der Waals surface area contributed by atoms with Gasteiger partial charge in [-0.05, 0) is 117 Å². The third-order valence-corrected chi connectivity index (χ3v) is 13.0. The molecule has 7 aromatic rings. The van der Waals surface area contributed by atoms with Gasteiger partial charge < -0.3 is 48.5 Å². The van der Waals surface area contributed by atoms with Crippen LogP contribution in [-0.4, -0.2) is 74.2 Å². The third-order valence-electron chi connectivity index (χ3n) is 13.0. The zero-order chi connectivity index (χ0) is 50.4. The summed E-state index contributed by atoms with van der Waals surface area (Å²) >= 11 is 9.31. The second kappa shape index (κ2) is 22.1. The molecule has 2 atom stereocenters.